The number of hydrogen-bond donors (Lipinski definition) is 0. The molecule has 0 N–H and O–H groups in total. The number of rotatable bonds is 12. The minimum Gasteiger partial charge on any atom is -0.873 e. The number of nitrogens with zero attached hydrogens (tertiary/aromatic N) is 2. The zero-order chi connectivity index (χ0) is 26.0. The summed E-state index contributed by atoms with van der Waals surface area (Å²) in [6, 6.07) is 23.1. The van der Waals surface area contributed by atoms with Crippen molar-refractivity contribution in [1.29, 1.82) is 0 Å². The summed E-state index contributed by atoms with van der Waals surface area (Å²) in [7, 11) is 0. The molecule has 0 radical (unpaired) electrons. The van der Waals surface area contributed by atoms with Crippen molar-refractivity contribution >= 4 is 23.3 Å². The van der Waals surface area contributed by atoms with Crippen molar-refractivity contribution < 1.29 is 26.7 Å². The predicted molar refractivity (Wildman–Crippen MR) is 150 cm³/mol. The molecule has 0 fully saturated rings. The second-order valence-corrected chi connectivity index (χ2v) is 8.91. The van der Waals surface area contributed by atoms with Gasteiger partial charge in [-0.3, -0.25) is 9.98 Å². The number of benzene rings is 3. The maximum absolute atomic E-state index is 11.3. The fraction of sp³-hybridized carbons (Fsp3) is 0.375. The van der Waals surface area contributed by atoms with E-state index in [-0.39, 0.29) is 28.0 Å². The summed E-state index contributed by atoms with van der Waals surface area (Å²) in [4.78, 5) is 9.18. The minimum atomic E-state index is -0.359. The average Bonchev–Trinajstić information content (AvgIpc) is 2.90. The maximum atomic E-state index is 11.3. The Morgan fingerprint density at radius 2 is 1.22 bits per heavy atom. The van der Waals surface area contributed by atoms with Crippen LogP contribution in [0.3, 0.4) is 0 Å². The molecule has 0 aliphatic heterocycles. The van der Waals surface area contributed by atoms with Crippen LogP contribution in [0.2, 0.25) is 0 Å². The second-order valence-electron chi connectivity index (χ2n) is 8.91. The first-order valence-corrected chi connectivity index (χ1v) is 13.3. The third-order valence-corrected chi connectivity index (χ3v) is 5.77. The van der Waals surface area contributed by atoms with Crippen molar-refractivity contribution in [1.82, 2.24) is 0 Å². The van der Waals surface area contributed by atoms with Gasteiger partial charge in [0, 0.05) is 6.21 Å². The van der Waals surface area contributed by atoms with Crippen LogP contribution in [0, 0.1) is 0 Å². The molecule has 0 heterocycles. The molecule has 3 aromatic rings. The van der Waals surface area contributed by atoms with E-state index in [1.54, 1.807) is 6.07 Å². The van der Waals surface area contributed by atoms with Gasteiger partial charge < -0.3 is 10.2 Å². The molecule has 0 bridgehead atoms. The molecule has 0 atom stereocenters. The molecule has 5 heteroatoms. The van der Waals surface area contributed by atoms with E-state index in [9.17, 15) is 10.2 Å². The fourth-order valence-electron chi connectivity index (χ4n) is 3.78. The fourth-order valence-corrected chi connectivity index (χ4v) is 3.78. The molecular formula is C32H40N2NiO2. The van der Waals surface area contributed by atoms with Crippen LogP contribution in [-0.4, -0.2) is 11.9 Å². The summed E-state index contributed by atoms with van der Waals surface area (Å²) in [5.41, 5.74) is 5.13. The van der Waals surface area contributed by atoms with Crippen LogP contribution in [-0.2, 0) is 29.3 Å². The van der Waals surface area contributed by atoms with Crippen LogP contribution in [0.25, 0.3) is 0 Å². The maximum Gasteiger partial charge on any atom is 2.00 e. The monoisotopic (exact) mass is 542 g/mol. The zero-order valence-electron chi connectivity index (χ0n) is 22.4. The Balaban J connectivity index is 0.000000369. The Kier molecular flexibility index (Phi) is 16.7. The first kappa shape index (κ1) is 32.1. The van der Waals surface area contributed by atoms with Crippen LogP contribution < -0.4 is 10.2 Å². The minimum absolute atomic E-state index is 0. The summed E-state index contributed by atoms with van der Waals surface area (Å²) in [6.07, 6.45) is 11.4. The Bertz CT molecular complexity index is 1070. The molecule has 0 aromatic heterocycles. The molecule has 0 unspecified atom stereocenters. The van der Waals surface area contributed by atoms with E-state index in [0.29, 0.717) is 0 Å². The molecule has 3 rings (SSSR count). The van der Waals surface area contributed by atoms with E-state index in [1.807, 2.05) is 66.9 Å². The summed E-state index contributed by atoms with van der Waals surface area (Å²) in [6.45, 7) is 6.44. The van der Waals surface area contributed by atoms with Crippen LogP contribution >= 0.6 is 0 Å². The molecule has 37 heavy (non-hydrogen) atoms. The Labute approximate surface area is 233 Å². The third kappa shape index (κ3) is 12.8. The van der Waals surface area contributed by atoms with Crippen LogP contribution in [0.4, 0.5) is 11.4 Å². The summed E-state index contributed by atoms with van der Waals surface area (Å²) in [5.74, 6) is -0.714. The number of aliphatic imine (C=N–C) groups is 2. The van der Waals surface area contributed by atoms with Gasteiger partial charge in [0.2, 0.25) is 0 Å². The molecule has 3 aromatic carbocycles. The van der Waals surface area contributed by atoms with Crippen molar-refractivity contribution in [3.63, 3.8) is 0 Å². The number of unbranched alkanes of at least 4 members (excludes halogenated alkanes) is 3. The van der Waals surface area contributed by atoms with Crippen LogP contribution in [0.5, 0.6) is 11.5 Å². The van der Waals surface area contributed by atoms with Gasteiger partial charge in [-0.15, -0.1) is 11.5 Å². The zero-order valence-corrected chi connectivity index (χ0v) is 23.4. The molecule has 0 saturated heterocycles. The van der Waals surface area contributed by atoms with Gasteiger partial charge in [-0.25, -0.2) is 0 Å². The van der Waals surface area contributed by atoms with Gasteiger partial charge in [0.1, 0.15) is 0 Å². The van der Waals surface area contributed by atoms with Crippen molar-refractivity contribution in [2.75, 3.05) is 0 Å². The van der Waals surface area contributed by atoms with Gasteiger partial charge in [0.15, 0.2) is 0 Å². The van der Waals surface area contributed by atoms with E-state index in [1.165, 1.54) is 18.9 Å². The third-order valence-electron chi connectivity index (χ3n) is 5.77. The van der Waals surface area contributed by atoms with Crippen molar-refractivity contribution in [2.45, 2.75) is 78.6 Å². The molecule has 0 amide bonds. The van der Waals surface area contributed by atoms with Gasteiger partial charge in [0.05, 0.1) is 17.1 Å². The quantitative estimate of drug-likeness (QED) is 0.133. The van der Waals surface area contributed by atoms with E-state index in [0.717, 1.165) is 73.2 Å². The second kappa shape index (κ2) is 19.2. The molecule has 0 saturated carbocycles. The van der Waals surface area contributed by atoms with Crippen molar-refractivity contribution in [3.8, 4) is 11.5 Å². The standard InChI is InChI=1S/C18H20N2.C14H22O2.Ni/c1-2-3-10-18(20-17-13-8-5-9-14-17)15-19-16-11-6-4-7-12-16;1-3-5-6-8-12-10-14(16)13(15)9-11(12)7-4-2;/h4-9,11-15H,2-3,10H2,1H3;9-10,15-16H,3-8H2,1-2H3;/q;;+2/p-2. The van der Waals surface area contributed by atoms with Gasteiger partial charge in [-0.05, 0) is 67.5 Å². The van der Waals surface area contributed by atoms with E-state index in [4.69, 9.17) is 0 Å². The van der Waals surface area contributed by atoms with Gasteiger partial charge in [-0.1, -0.05) is 95.0 Å². The normalized spacial score (nSPS) is 11.1. The number of hydrogen-bond acceptors (Lipinski definition) is 4. The molecule has 0 aliphatic carbocycles. The van der Waals surface area contributed by atoms with E-state index in [2.05, 4.69) is 30.8 Å². The topological polar surface area (TPSA) is 70.8 Å². The van der Waals surface area contributed by atoms with Gasteiger partial charge >= 0.3 is 16.5 Å². The van der Waals surface area contributed by atoms with Gasteiger partial charge in [-0.2, -0.15) is 0 Å². The average molecular weight is 543 g/mol. The molecule has 200 valence electrons. The number of para-hydroxylation sites is 2. The van der Waals surface area contributed by atoms with Crippen LogP contribution in [0.15, 0.2) is 82.8 Å². The molecule has 0 aliphatic rings. The SMILES string of the molecule is CCCCC(C=Nc1ccccc1)=Nc1ccccc1.CCCCCc1cc([O-])c([O-])cc1CCC.[Ni+2]. The van der Waals surface area contributed by atoms with Crippen molar-refractivity contribution in [2.24, 2.45) is 9.98 Å². The Hall–Kier alpha value is -2.91. The number of aryl methyl sites for hydroxylation is 2. The summed E-state index contributed by atoms with van der Waals surface area (Å²) < 4.78 is 0. The first-order valence-electron chi connectivity index (χ1n) is 13.3. The molecular weight excluding hydrogens is 503 g/mol. The Morgan fingerprint density at radius 3 is 1.76 bits per heavy atom. The molecule has 4 nitrogen and oxygen atoms in total. The van der Waals surface area contributed by atoms with E-state index < -0.39 is 0 Å². The smallest absolute Gasteiger partial charge is 0.873 e. The van der Waals surface area contributed by atoms with Crippen LogP contribution in [0.1, 0.15) is 76.8 Å². The summed E-state index contributed by atoms with van der Waals surface area (Å²) >= 11 is 0. The first-order chi connectivity index (χ1) is 17.6. The predicted octanol–water partition coefficient (Wildman–Crippen LogP) is 7.87. The van der Waals surface area contributed by atoms with E-state index >= 15 is 0 Å². The summed E-state index contributed by atoms with van der Waals surface area (Å²) in [5, 5.41) is 22.6. The van der Waals surface area contributed by atoms with Crippen molar-refractivity contribution in [3.05, 3.63) is 83.9 Å². The largest absolute Gasteiger partial charge is 2.00 e. The Morgan fingerprint density at radius 1 is 0.676 bits per heavy atom. The van der Waals surface area contributed by atoms with Gasteiger partial charge in [0.25, 0.3) is 0 Å². The molecule has 0 spiro atoms.